The van der Waals surface area contributed by atoms with E-state index in [1.807, 2.05) is 6.07 Å². The maximum Gasteiger partial charge on any atom is 0.0998 e. The van der Waals surface area contributed by atoms with Crippen LogP contribution in [0.5, 0.6) is 0 Å². The molecule has 7 aromatic rings. The maximum absolute atomic E-state index is 9.92. The highest BCUT2D eigenvalue weighted by Crippen LogP contribution is 2.53. The van der Waals surface area contributed by atoms with Gasteiger partial charge in [0.2, 0.25) is 0 Å². The van der Waals surface area contributed by atoms with Gasteiger partial charge in [0.15, 0.2) is 0 Å². The van der Waals surface area contributed by atoms with Gasteiger partial charge in [-0.3, -0.25) is 0 Å². The fourth-order valence-corrected chi connectivity index (χ4v) is 7.25. The van der Waals surface area contributed by atoms with Gasteiger partial charge in [0.25, 0.3) is 0 Å². The van der Waals surface area contributed by atoms with Crippen molar-refractivity contribution >= 4 is 61.1 Å². The number of anilines is 3. The standard InChI is InChI=1S/C36H19N3S/c37-20-24-6-5-7-25(21-38)34(24)26-16-12-22-14-18-28-29(19-15-23-13-17-27(26)35(22)36(23)28)39-30-8-1-3-10-32(30)40-33-11-4-2-9-31(33)39/h1-19H. The molecule has 7 aromatic carbocycles. The van der Waals surface area contributed by atoms with Crippen LogP contribution in [0, 0.1) is 22.7 Å². The van der Waals surface area contributed by atoms with Crippen molar-refractivity contribution in [3.05, 3.63) is 126 Å². The molecule has 4 heteroatoms. The number of hydrogen-bond acceptors (Lipinski definition) is 4. The zero-order valence-corrected chi connectivity index (χ0v) is 22.0. The van der Waals surface area contributed by atoms with Crippen molar-refractivity contribution in [2.24, 2.45) is 0 Å². The Morgan fingerprint density at radius 2 is 1.05 bits per heavy atom. The Balaban J connectivity index is 1.47. The largest absolute Gasteiger partial charge is 0.308 e. The van der Waals surface area contributed by atoms with Crippen LogP contribution in [0.15, 0.2) is 125 Å². The normalized spacial score (nSPS) is 12.3. The molecule has 40 heavy (non-hydrogen) atoms. The highest BCUT2D eigenvalue weighted by molar-refractivity contribution is 7.99. The first-order valence-electron chi connectivity index (χ1n) is 13.1. The molecule has 0 spiro atoms. The van der Waals surface area contributed by atoms with Crippen molar-refractivity contribution in [1.29, 1.82) is 10.5 Å². The first kappa shape index (κ1) is 22.7. The first-order valence-corrected chi connectivity index (χ1v) is 13.9. The van der Waals surface area contributed by atoms with E-state index in [0.717, 1.165) is 32.8 Å². The minimum Gasteiger partial charge on any atom is -0.308 e. The summed E-state index contributed by atoms with van der Waals surface area (Å²) in [5.74, 6) is 0. The van der Waals surface area contributed by atoms with Gasteiger partial charge in [0.1, 0.15) is 0 Å². The predicted octanol–water partition coefficient (Wildman–Crippen LogP) is 9.93. The molecular formula is C36H19N3S. The Hall–Kier alpha value is -5.29. The van der Waals surface area contributed by atoms with Crippen molar-refractivity contribution < 1.29 is 0 Å². The van der Waals surface area contributed by atoms with Crippen LogP contribution in [0.3, 0.4) is 0 Å². The molecule has 1 aliphatic heterocycles. The van der Waals surface area contributed by atoms with Crippen LogP contribution in [0.1, 0.15) is 11.1 Å². The molecule has 0 bridgehead atoms. The van der Waals surface area contributed by atoms with Gasteiger partial charge in [0, 0.05) is 20.7 Å². The molecule has 0 fully saturated rings. The van der Waals surface area contributed by atoms with Crippen molar-refractivity contribution in [2.75, 3.05) is 4.90 Å². The zero-order valence-electron chi connectivity index (χ0n) is 21.2. The molecule has 0 atom stereocenters. The Bertz CT molecular complexity index is 2160. The zero-order chi connectivity index (χ0) is 26.8. The van der Waals surface area contributed by atoms with Crippen molar-refractivity contribution in [3.8, 4) is 23.3 Å². The summed E-state index contributed by atoms with van der Waals surface area (Å²) in [7, 11) is 0. The van der Waals surface area contributed by atoms with Gasteiger partial charge in [-0.2, -0.15) is 10.5 Å². The van der Waals surface area contributed by atoms with Gasteiger partial charge in [-0.25, -0.2) is 0 Å². The summed E-state index contributed by atoms with van der Waals surface area (Å²) in [6, 6.07) is 44.4. The lowest BCUT2D eigenvalue weighted by atomic mass is 9.86. The minimum atomic E-state index is 0.508. The van der Waals surface area contributed by atoms with Crippen molar-refractivity contribution in [1.82, 2.24) is 0 Å². The second-order valence-corrected chi connectivity index (χ2v) is 11.0. The van der Waals surface area contributed by atoms with Gasteiger partial charge in [-0.05, 0) is 75.0 Å². The summed E-state index contributed by atoms with van der Waals surface area (Å²) in [6.07, 6.45) is 0. The van der Waals surface area contributed by atoms with E-state index in [-0.39, 0.29) is 0 Å². The van der Waals surface area contributed by atoms with Crippen molar-refractivity contribution in [3.63, 3.8) is 0 Å². The Labute approximate surface area is 235 Å². The molecule has 0 N–H and O–H groups in total. The number of benzene rings is 7. The number of para-hydroxylation sites is 2. The molecule has 184 valence electrons. The average Bonchev–Trinajstić information content (AvgIpc) is 3.02. The number of hydrogen-bond donors (Lipinski definition) is 0. The monoisotopic (exact) mass is 525 g/mol. The number of nitrogens with zero attached hydrogens (tertiary/aromatic N) is 3. The Morgan fingerprint density at radius 3 is 1.70 bits per heavy atom. The molecule has 3 nitrogen and oxygen atoms in total. The molecule has 0 saturated carbocycles. The molecule has 8 rings (SSSR count). The van der Waals surface area contributed by atoms with E-state index < -0.39 is 0 Å². The van der Waals surface area contributed by atoms with E-state index >= 15 is 0 Å². The molecular weight excluding hydrogens is 506 g/mol. The van der Waals surface area contributed by atoms with Crippen LogP contribution in [-0.2, 0) is 0 Å². The van der Waals surface area contributed by atoms with Crippen LogP contribution >= 0.6 is 11.8 Å². The lowest BCUT2D eigenvalue weighted by molar-refractivity contribution is 1.17. The van der Waals surface area contributed by atoms with Crippen LogP contribution in [0.25, 0.3) is 43.4 Å². The van der Waals surface area contributed by atoms with E-state index in [1.165, 1.54) is 31.9 Å². The summed E-state index contributed by atoms with van der Waals surface area (Å²) in [4.78, 5) is 4.84. The van der Waals surface area contributed by atoms with E-state index in [1.54, 1.807) is 30.0 Å². The Morgan fingerprint density at radius 1 is 0.500 bits per heavy atom. The number of rotatable bonds is 2. The highest BCUT2D eigenvalue weighted by atomic mass is 32.2. The third-order valence-electron chi connectivity index (χ3n) is 7.89. The molecule has 0 radical (unpaired) electrons. The summed E-state index contributed by atoms with van der Waals surface area (Å²) >= 11 is 1.81. The lowest BCUT2D eigenvalue weighted by Crippen LogP contribution is -2.15. The second kappa shape index (κ2) is 8.61. The molecule has 1 aliphatic rings. The quantitative estimate of drug-likeness (QED) is 0.211. The number of fused-ring (bicyclic) bond motifs is 2. The molecule has 0 aromatic heterocycles. The smallest absolute Gasteiger partial charge is 0.0998 e. The SMILES string of the molecule is N#Cc1cccc(C#N)c1-c1ccc2ccc3c(N4c5ccccc5Sc5ccccc54)ccc4ccc1c2c43. The summed E-state index contributed by atoms with van der Waals surface area (Å²) < 4.78 is 0. The van der Waals surface area contributed by atoms with Crippen LogP contribution in [0.4, 0.5) is 17.1 Å². The van der Waals surface area contributed by atoms with Crippen LogP contribution < -0.4 is 4.90 Å². The van der Waals surface area contributed by atoms with Gasteiger partial charge in [-0.1, -0.05) is 84.6 Å². The van der Waals surface area contributed by atoms with Crippen LogP contribution in [0.2, 0.25) is 0 Å². The third kappa shape index (κ3) is 3.12. The summed E-state index contributed by atoms with van der Waals surface area (Å²) in [5, 5.41) is 26.7. The summed E-state index contributed by atoms with van der Waals surface area (Å²) in [5.41, 5.74) is 6.09. The molecule has 0 unspecified atom stereocenters. The highest BCUT2D eigenvalue weighted by Gasteiger charge is 2.26. The molecule has 0 amide bonds. The van der Waals surface area contributed by atoms with E-state index in [0.29, 0.717) is 16.7 Å². The maximum atomic E-state index is 9.92. The van der Waals surface area contributed by atoms with Gasteiger partial charge < -0.3 is 4.90 Å². The average molecular weight is 526 g/mol. The van der Waals surface area contributed by atoms with Crippen LogP contribution in [-0.4, -0.2) is 0 Å². The second-order valence-electron chi connectivity index (χ2n) is 9.94. The first-order chi connectivity index (χ1) is 19.8. The van der Waals surface area contributed by atoms with Gasteiger partial charge >= 0.3 is 0 Å². The minimum absolute atomic E-state index is 0.508. The van der Waals surface area contributed by atoms with Gasteiger partial charge in [-0.15, -0.1) is 0 Å². The molecule has 0 aliphatic carbocycles. The fourth-order valence-electron chi connectivity index (χ4n) is 6.19. The van der Waals surface area contributed by atoms with Crippen molar-refractivity contribution in [2.45, 2.75) is 9.79 Å². The topological polar surface area (TPSA) is 50.8 Å². The van der Waals surface area contributed by atoms with E-state index in [9.17, 15) is 10.5 Å². The fraction of sp³-hybridized carbons (Fsp3) is 0. The molecule has 1 heterocycles. The summed E-state index contributed by atoms with van der Waals surface area (Å²) in [6.45, 7) is 0. The number of nitriles is 2. The predicted molar refractivity (Wildman–Crippen MR) is 164 cm³/mol. The van der Waals surface area contributed by atoms with E-state index in [2.05, 4.69) is 108 Å². The molecule has 0 saturated heterocycles. The van der Waals surface area contributed by atoms with Gasteiger partial charge in [0.05, 0.1) is 40.3 Å². The third-order valence-corrected chi connectivity index (χ3v) is 9.02. The van der Waals surface area contributed by atoms with E-state index in [4.69, 9.17) is 0 Å². The lowest BCUT2D eigenvalue weighted by Gasteiger charge is -2.34. The Kier molecular flexibility index (Phi) is 4.88.